The van der Waals surface area contributed by atoms with Gasteiger partial charge in [-0.05, 0) is 0 Å². The summed E-state index contributed by atoms with van der Waals surface area (Å²) in [4.78, 5) is 25.6. The zero-order valence-corrected chi connectivity index (χ0v) is 8.37. The van der Waals surface area contributed by atoms with E-state index in [0.717, 1.165) is 0 Å². The van der Waals surface area contributed by atoms with Crippen LogP contribution in [0.15, 0.2) is 0 Å². The molecule has 0 aliphatic heterocycles. The minimum Gasteiger partial charge on any atom is -0.565 e. The molecule has 0 bridgehead atoms. The third kappa shape index (κ3) is 592. The average molecular weight is 208 g/mol. The van der Waals surface area contributed by atoms with Crippen LogP contribution in [0, 0.1) is 0 Å². The van der Waals surface area contributed by atoms with Gasteiger partial charge in [0.1, 0.15) is 0 Å². The van der Waals surface area contributed by atoms with E-state index in [9.17, 15) is 0 Å². The molecule has 0 aromatic carbocycles. The summed E-state index contributed by atoms with van der Waals surface area (Å²) in [5.41, 5.74) is 0. The van der Waals surface area contributed by atoms with Crippen molar-refractivity contribution in [1.29, 1.82) is 0 Å². The Labute approximate surface area is 93.1 Å². The smallest absolute Gasteiger partial charge is 0.565 e. The van der Waals surface area contributed by atoms with Crippen LogP contribution in [0.5, 0.6) is 0 Å². The van der Waals surface area contributed by atoms with E-state index in [0.29, 0.717) is 0 Å². The summed E-state index contributed by atoms with van der Waals surface area (Å²) in [6.07, 6.45) is -5.75. The first kappa shape index (κ1) is 22.6. The fourth-order valence-corrected chi connectivity index (χ4v) is 0. The molecule has 0 amide bonds. The van der Waals surface area contributed by atoms with Crippen molar-refractivity contribution in [2.75, 3.05) is 0 Å². The third-order valence-corrected chi connectivity index (χ3v) is 0. The molecule has 0 spiro atoms. The van der Waals surface area contributed by atoms with E-state index in [2.05, 4.69) is 0 Å². The van der Waals surface area contributed by atoms with E-state index in [-0.39, 0.29) is 29.6 Å². The van der Waals surface area contributed by atoms with Gasteiger partial charge in [0.15, 0.2) is 0 Å². The summed E-state index contributed by atoms with van der Waals surface area (Å²) in [5.74, 6) is 0. The minimum absolute atomic E-state index is 0. The van der Waals surface area contributed by atoms with Gasteiger partial charge in [-0.2, -0.15) is 0 Å². The zero-order valence-electron chi connectivity index (χ0n) is 6.37. The molecule has 13 heavy (non-hydrogen) atoms. The number of carboxylic acid groups (broad SMARTS) is 6. The monoisotopic (exact) mass is 208 g/mol. The van der Waals surface area contributed by atoms with E-state index >= 15 is 0 Å². The quantitative estimate of drug-likeness (QED) is 0.251. The number of hydrogen-bond donors (Lipinski definition) is 5. The molecule has 0 saturated carbocycles. The van der Waals surface area contributed by atoms with E-state index in [1.165, 1.54) is 0 Å². The Hall–Kier alpha value is -1.19. The Morgan fingerprint density at radius 2 is 0.769 bits per heavy atom. The normalized spacial score (nSPS) is 5.54. The van der Waals surface area contributed by atoms with Crippen molar-refractivity contribution in [2.24, 2.45) is 0 Å². The predicted molar refractivity (Wildman–Crippen MR) is 29.3 cm³/mol. The zero-order chi connectivity index (χ0) is 10.7. The van der Waals surface area contributed by atoms with E-state index in [4.69, 9.17) is 45.0 Å². The number of rotatable bonds is 0. The second-order valence-corrected chi connectivity index (χ2v) is 0.831. The Morgan fingerprint density at radius 1 is 0.769 bits per heavy atom. The van der Waals surface area contributed by atoms with Gasteiger partial charge in [0, 0.05) is 0 Å². The maximum atomic E-state index is 8.56. The summed E-state index contributed by atoms with van der Waals surface area (Å²) in [6.45, 7) is 0. The molecule has 10 heteroatoms. The first-order chi connectivity index (χ1) is 5.20. The van der Waals surface area contributed by atoms with Gasteiger partial charge in [0.2, 0.25) is 6.16 Å². The van der Waals surface area contributed by atoms with Crippen LogP contribution in [0.2, 0.25) is 0 Å². The summed E-state index contributed by atoms with van der Waals surface area (Å²) in [6, 6.07) is 0. The molecule has 0 atom stereocenters. The molecule has 0 fully saturated rings. The predicted octanol–water partition coefficient (Wildman–Crippen LogP) is -3.66. The van der Waals surface area contributed by atoms with Crippen molar-refractivity contribution in [1.82, 2.24) is 0 Å². The molecular weight excluding hydrogens is 203 g/mol. The Kier molecular flexibility index (Phi) is 29.7. The van der Waals surface area contributed by atoms with Crippen LogP contribution in [-0.4, -0.2) is 44.0 Å². The molecule has 72 valence electrons. The first-order valence-corrected chi connectivity index (χ1v) is 1.93. The number of carbonyl (C=O) groups is 3. The van der Waals surface area contributed by atoms with Gasteiger partial charge in [0.25, 0.3) is 0 Å². The minimum atomic E-state index is -2.08. The van der Waals surface area contributed by atoms with Crippen molar-refractivity contribution >= 4 is 18.5 Å². The molecule has 5 N–H and O–H groups in total. The second-order valence-electron chi connectivity index (χ2n) is 0.831. The van der Waals surface area contributed by atoms with E-state index in [1.54, 1.807) is 0 Å². The van der Waals surface area contributed by atoms with Crippen LogP contribution in [-0.2, 0) is 0 Å². The largest absolute Gasteiger partial charge is 1.00 e. The topological polar surface area (TPSA) is 175 Å². The molecule has 0 saturated heterocycles. The Morgan fingerprint density at radius 3 is 0.769 bits per heavy atom. The van der Waals surface area contributed by atoms with Gasteiger partial charge in [-0.1, -0.05) is 0 Å². The average Bonchev–Trinajstić information content (AvgIpc) is 1.54. The molecular formula is C3H5NaO9. The van der Waals surface area contributed by atoms with Crippen LogP contribution in [0.1, 0.15) is 0 Å². The van der Waals surface area contributed by atoms with Crippen molar-refractivity contribution < 1.29 is 74.6 Å². The van der Waals surface area contributed by atoms with Crippen LogP contribution in [0.4, 0.5) is 14.4 Å². The fraction of sp³-hybridized carbons (Fsp3) is 0. The molecule has 9 nitrogen and oxygen atoms in total. The molecule has 0 aliphatic carbocycles. The molecule has 0 aromatic rings. The molecule has 0 radical (unpaired) electrons. The van der Waals surface area contributed by atoms with E-state index < -0.39 is 18.5 Å². The third-order valence-electron chi connectivity index (χ3n) is 0. The van der Waals surface area contributed by atoms with E-state index in [1.807, 2.05) is 0 Å². The van der Waals surface area contributed by atoms with Crippen molar-refractivity contribution in [3.63, 3.8) is 0 Å². The van der Waals surface area contributed by atoms with Gasteiger partial charge in [-0.15, -0.1) is 0 Å². The SMILES string of the molecule is O=C(O)O.O=C(O)O.O=C([O-])O.[Na+]. The maximum Gasteiger partial charge on any atom is 1.00 e. The summed E-state index contributed by atoms with van der Waals surface area (Å²) >= 11 is 0. The summed E-state index contributed by atoms with van der Waals surface area (Å²) in [7, 11) is 0. The van der Waals surface area contributed by atoms with Gasteiger partial charge in [0.05, 0.1) is 0 Å². The molecule has 0 heterocycles. The van der Waals surface area contributed by atoms with Gasteiger partial charge >= 0.3 is 41.9 Å². The maximum absolute atomic E-state index is 8.56. The Bertz CT molecular complexity index is 112. The second kappa shape index (κ2) is 17.1. The molecule has 0 unspecified atom stereocenters. The fourth-order valence-electron chi connectivity index (χ4n) is 0. The molecule has 0 aliphatic rings. The van der Waals surface area contributed by atoms with Crippen molar-refractivity contribution in [2.45, 2.75) is 0 Å². The van der Waals surface area contributed by atoms with Crippen LogP contribution < -0.4 is 34.7 Å². The van der Waals surface area contributed by atoms with Crippen molar-refractivity contribution in [3.05, 3.63) is 0 Å². The first-order valence-electron chi connectivity index (χ1n) is 1.93. The van der Waals surface area contributed by atoms with Crippen LogP contribution in [0.3, 0.4) is 0 Å². The van der Waals surface area contributed by atoms with Gasteiger partial charge in [-0.3, -0.25) is 0 Å². The van der Waals surface area contributed by atoms with Gasteiger partial charge < -0.3 is 35.4 Å². The van der Waals surface area contributed by atoms with Gasteiger partial charge in [-0.25, -0.2) is 9.59 Å². The number of hydrogen-bond acceptors (Lipinski definition) is 4. The van der Waals surface area contributed by atoms with Crippen molar-refractivity contribution in [3.8, 4) is 0 Å². The van der Waals surface area contributed by atoms with Crippen LogP contribution >= 0.6 is 0 Å². The molecule has 0 rings (SSSR count). The summed E-state index contributed by atoms with van der Waals surface area (Å²) < 4.78 is 0. The standard InChI is InChI=1S/3CH2O3.Na/c3*2-1(3)4;/h3*(H2,2,3,4);/q;;;+1/p-1. The van der Waals surface area contributed by atoms with Crippen LogP contribution in [0.25, 0.3) is 0 Å². The summed E-state index contributed by atoms with van der Waals surface area (Å²) in [5, 5.41) is 43.2. The Balaban J connectivity index is -0.0000000450. The molecule has 0 aromatic heterocycles.